The molecule has 23 heavy (non-hydrogen) atoms. The van der Waals surface area contributed by atoms with E-state index in [2.05, 4.69) is 15.3 Å². The molecule has 0 saturated heterocycles. The predicted molar refractivity (Wildman–Crippen MR) is 81.6 cm³/mol. The number of fused-ring (bicyclic) bond motifs is 1. The Morgan fingerprint density at radius 2 is 2.30 bits per heavy atom. The fourth-order valence-electron chi connectivity index (χ4n) is 2.56. The first-order chi connectivity index (χ1) is 11.0. The Labute approximate surface area is 136 Å². The third-order valence-electron chi connectivity index (χ3n) is 3.78. The van der Waals surface area contributed by atoms with Gasteiger partial charge >= 0.3 is 0 Å². The summed E-state index contributed by atoms with van der Waals surface area (Å²) >= 11 is 5.98. The van der Waals surface area contributed by atoms with Crippen molar-refractivity contribution in [2.45, 2.75) is 25.6 Å². The highest BCUT2D eigenvalue weighted by Gasteiger charge is 2.26. The van der Waals surface area contributed by atoms with Gasteiger partial charge in [0.1, 0.15) is 16.8 Å². The Morgan fingerprint density at radius 3 is 2.96 bits per heavy atom. The number of hydrogen-bond donors (Lipinski definition) is 4. The number of H-pyrrole nitrogens is 1. The molecule has 1 aliphatic rings. The zero-order valence-electron chi connectivity index (χ0n) is 12.2. The number of aryl methyl sites for hydroxylation is 1. The summed E-state index contributed by atoms with van der Waals surface area (Å²) in [4.78, 5) is 14.2. The molecule has 1 unspecified atom stereocenters. The largest absolute Gasteiger partial charge is 0.393 e. The number of hydrogen-bond acceptors (Lipinski definition) is 6. The van der Waals surface area contributed by atoms with Gasteiger partial charge in [0.25, 0.3) is 5.91 Å². The van der Waals surface area contributed by atoms with Crippen molar-refractivity contribution in [1.82, 2.24) is 24.9 Å². The Morgan fingerprint density at radius 1 is 1.52 bits per heavy atom. The molecule has 1 aliphatic heterocycles. The fourth-order valence-corrected chi connectivity index (χ4v) is 2.72. The third-order valence-corrected chi connectivity index (χ3v) is 4.16. The number of carbonyl (C=O) groups is 1. The minimum Gasteiger partial charge on any atom is -0.393 e. The number of aliphatic hydroxyl groups is 2. The molecule has 0 fully saturated rings. The molecule has 0 bridgehead atoms. The van der Waals surface area contributed by atoms with E-state index in [-0.39, 0.29) is 22.4 Å². The molecule has 0 spiro atoms. The summed E-state index contributed by atoms with van der Waals surface area (Å²) in [7, 11) is 0. The number of rotatable bonds is 3. The van der Waals surface area contributed by atoms with Gasteiger partial charge in [-0.1, -0.05) is 11.6 Å². The van der Waals surface area contributed by atoms with Crippen LogP contribution in [0.3, 0.4) is 0 Å². The molecule has 2 aromatic heterocycles. The van der Waals surface area contributed by atoms with Crippen LogP contribution in [0.2, 0.25) is 5.02 Å². The minimum atomic E-state index is -1.03. The lowest BCUT2D eigenvalue weighted by atomic mass is 10.2. The smallest absolute Gasteiger partial charge is 0.273 e. The van der Waals surface area contributed by atoms with Crippen molar-refractivity contribution >= 4 is 23.3 Å². The molecule has 124 valence electrons. The van der Waals surface area contributed by atoms with Crippen molar-refractivity contribution in [2.24, 2.45) is 0 Å². The maximum atomic E-state index is 12.6. The average Bonchev–Trinajstić information content (AvgIpc) is 3.03. The van der Waals surface area contributed by atoms with Gasteiger partial charge in [-0.05, 0) is 12.5 Å². The van der Waals surface area contributed by atoms with E-state index in [1.165, 1.54) is 0 Å². The summed E-state index contributed by atoms with van der Waals surface area (Å²) in [6, 6.07) is 1.69. The number of aliphatic hydroxyl groups excluding tert-OH is 2. The van der Waals surface area contributed by atoms with Crippen molar-refractivity contribution < 1.29 is 15.0 Å². The minimum absolute atomic E-state index is 0.0863. The number of aromatic amines is 1. The maximum absolute atomic E-state index is 12.6. The lowest BCUT2D eigenvalue weighted by molar-refractivity contribution is 0.0739. The standard InChI is InChI=1S/C13H17ClN6O3/c14-10-11(16-17-12(10)15)13(23)19-2-1-3-20-7(5-19)4-8(18-20)9(22)6-21/h4,9,21-22H,1-3,5-6H2,(H3,15,16,17). The van der Waals surface area contributed by atoms with Gasteiger partial charge in [0, 0.05) is 13.1 Å². The van der Waals surface area contributed by atoms with Crippen LogP contribution >= 0.6 is 11.6 Å². The van der Waals surface area contributed by atoms with Gasteiger partial charge in [-0.15, -0.1) is 0 Å². The molecule has 9 nitrogen and oxygen atoms in total. The number of amides is 1. The Bertz CT molecular complexity index is 727. The quantitative estimate of drug-likeness (QED) is 0.617. The lowest BCUT2D eigenvalue weighted by Crippen LogP contribution is -2.31. The van der Waals surface area contributed by atoms with E-state index in [9.17, 15) is 9.90 Å². The van der Waals surface area contributed by atoms with Gasteiger partial charge in [-0.3, -0.25) is 14.6 Å². The van der Waals surface area contributed by atoms with Crippen LogP contribution in [-0.2, 0) is 13.1 Å². The molecule has 0 aromatic carbocycles. The second-order valence-corrected chi connectivity index (χ2v) is 5.74. The zero-order chi connectivity index (χ0) is 16.6. The molecule has 3 rings (SSSR count). The van der Waals surface area contributed by atoms with Crippen molar-refractivity contribution in [3.8, 4) is 0 Å². The second-order valence-electron chi connectivity index (χ2n) is 5.36. The van der Waals surface area contributed by atoms with E-state index in [0.717, 1.165) is 5.69 Å². The highest BCUT2D eigenvalue weighted by molar-refractivity contribution is 6.35. The first-order valence-corrected chi connectivity index (χ1v) is 7.53. The van der Waals surface area contributed by atoms with Crippen LogP contribution in [-0.4, -0.2) is 54.1 Å². The molecule has 3 heterocycles. The number of nitrogens with one attached hydrogen (secondary N) is 1. The van der Waals surface area contributed by atoms with Gasteiger partial charge in [0.05, 0.1) is 24.5 Å². The predicted octanol–water partition coefficient (Wildman–Crippen LogP) is -0.0864. The molecule has 2 aromatic rings. The van der Waals surface area contributed by atoms with E-state index >= 15 is 0 Å². The number of anilines is 1. The molecule has 5 N–H and O–H groups in total. The first-order valence-electron chi connectivity index (χ1n) is 7.15. The monoisotopic (exact) mass is 340 g/mol. The Kier molecular flexibility index (Phi) is 4.24. The van der Waals surface area contributed by atoms with Crippen molar-refractivity contribution in [1.29, 1.82) is 0 Å². The van der Waals surface area contributed by atoms with Crippen LogP contribution < -0.4 is 5.73 Å². The van der Waals surface area contributed by atoms with Gasteiger partial charge in [0.2, 0.25) is 0 Å². The van der Waals surface area contributed by atoms with Crippen LogP contribution in [0.25, 0.3) is 0 Å². The van der Waals surface area contributed by atoms with E-state index in [4.69, 9.17) is 22.4 Å². The third kappa shape index (κ3) is 2.90. The summed E-state index contributed by atoms with van der Waals surface area (Å²) in [5, 5.41) is 29.4. The summed E-state index contributed by atoms with van der Waals surface area (Å²) in [6.45, 7) is 1.08. The van der Waals surface area contributed by atoms with Crippen molar-refractivity contribution in [3.63, 3.8) is 0 Å². The summed E-state index contributed by atoms with van der Waals surface area (Å²) in [5.41, 5.74) is 6.89. The van der Waals surface area contributed by atoms with Crippen LogP contribution in [0.1, 0.15) is 34.4 Å². The SMILES string of the molecule is Nc1n[nH]c(C(=O)N2CCCn3nc(C(O)CO)cc3C2)c1Cl. The number of nitrogens with two attached hydrogens (primary N) is 1. The van der Waals surface area contributed by atoms with E-state index < -0.39 is 12.7 Å². The second kappa shape index (κ2) is 6.19. The molecular weight excluding hydrogens is 324 g/mol. The van der Waals surface area contributed by atoms with Gasteiger partial charge in [-0.25, -0.2) is 0 Å². The van der Waals surface area contributed by atoms with Crippen LogP contribution in [0.15, 0.2) is 6.07 Å². The number of nitrogens with zero attached hydrogens (tertiary/aromatic N) is 4. The average molecular weight is 341 g/mol. The van der Waals surface area contributed by atoms with E-state index in [0.29, 0.717) is 31.7 Å². The van der Waals surface area contributed by atoms with Gasteiger partial charge < -0.3 is 20.8 Å². The number of halogens is 1. The van der Waals surface area contributed by atoms with Crippen LogP contribution in [0, 0.1) is 0 Å². The first kappa shape index (κ1) is 15.8. The molecule has 10 heteroatoms. The van der Waals surface area contributed by atoms with Crippen molar-refractivity contribution in [2.75, 3.05) is 18.9 Å². The van der Waals surface area contributed by atoms with Gasteiger partial charge in [-0.2, -0.15) is 10.2 Å². The van der Waals surface area contributed by atoms with E-state index in [1.54, 1.807) is 15.6 Å². The molecule has 1 atom stereocenters. The Hall–Kier alpha value is -2.10. The van der Waals surface area contributed by atoms with E-state index in [1.807, 2.05) is 0 Å². The topological polar surface area (TPSA) is 133 Å². The summed E-state index contributed by atoms with van der Waals surface area (Å²) in [5.74, 6) is -0.207. The summed E-state index contributed by atoms with van der Waals surface area (Å²) < 4.78 is 1.74. The number of carbonyl (C=O) groups excluding carboxylic acids is 1. The molecule has 0 aliphatic carbocycles. The highest BCUT2D eigenvalue weighted by Crippen LogP contribution is 2.24. The maximum Gasteiger partial charge on any atom is 0.273 e. The summed E-state index contributed by atoms with van der Waals surface area (Å²) in [6.07, 6.45) is -0.323. The number of aromatic nitrogens is 4. The molecular formula is C13H17ClN6O3. The molecule has 0 saturated carbocycles. The zero-order valence-corrected chi connectivity index (χ0v) is 13.0. The fraction of sp³-hybridized carbons (Fsp3) is 0.462. The van der Waals surface area contributed by atoms with Crippen LogP contribution in [0.4, 0.5) is 5.82 Å². The van der Waals surface area contributed by atoms with Crippen LogP contribution in [0.5, 0.6) is 0 Å². The van der Waals surface area contributed by atoms with Gasteiger partial charge in [0.15, 0.2) is 5.82 Å². The molecule has 0 radical (unpaired) electrons. The lowest BCUT2D eigenvalue weighted by Gasteiger charge is -2.19. The number of nitrogen functional groups attached to an aromatic ring is 1. The van der Waals surface area contributed by atoms with Crippen molar-refractivity contribution in [3.05, 3.63) is 28.2 Å². The normalized spacial score (nSPS) is 16.0. The Balaban J connectivity index is 1.84. The highest BCUT2D eigenvalue weighted by atomic mass is 35.5. The molecule has 1 amide bonds.